The van der Waals surface area contributed by atoms with Gasteiger partial charge in [0.2, 0.25) is 0 Å². The van der Waals surface area contributed by atoms with Crippen LogP contribution < -0.4 is 5.48 Å². The van der Waals surface area contributed by atoms with E-state index in [1.54, 1.807) is 6.19 Å². The van der Waals surface area contributed by atoms with Gasteiger partial charge in [-0.1, -0.05) is 24.6 Å². The highest BCUT2D eigenvalue weighted by molar-refractivity contribution is 4.52. The second-order valence-corrected chi connectivity index (χ2v) is 1.73. The highest BCUT2D eigenvalue weighted by Crippen LogP contribution is 1.92. The van der Waals surface area contributed by atoms with Crippen LogP contribution in [0.5, 0.6) is 0 Å². The number of nitriles is 1. The van der Waals surface area contributed by atoms with Crippen molar-refractivity contribution in [1.82, 2.24) is 5.48 Å². The summed E-state index contributed by atoms with van der Waals surface area (Å²) in [6.07, 6.45) is 4.84. The van der Waals surface area contributed by atoms with Gasteiger partial charge in [0.15, 0.2) is 0 Å². The van der Waals surface area contributed by atoms with Gasteiger partial charge >= 0.3 is 11.7 Å². The Morgan fingerprint density at radius 1 is 1.56 bits per heavy atom. The van der Waals surface area contributed by atoms with Crippen molar-refractivity contribution in [3.8, 4) is 6.19 Å². The number of nitrogens with zero attached hydrogens (tertiary/aromatic N) is 2. The maximum absolute atomic E-state index is 7.88. The van der Waals surface area contributed by atoms with Crippen LogP contribution >= 0.6 is 0 Å². The summed E-state index contributed by atoms with van der Waals surface area (Å²) in [6, 6.07) is 0. The lowest BCUT2D eigenvalue weighted by atomic mass is 10.3. The summed E-state index contributed by atoms with van der Waals surface area (Å²) < 4.78 is 0. The minimum Gasteiger partial charge on any atom is -0.115 e. The first-order chi connectivity index (χ1) is 4.41. The molecule has 0 aromatic heterocycles. The molecule has 0 fully saturated rings. The third-order valence-electron chi connectivity index (χ3n) is 0.945. The molecule has 0 N–H and O–H groups in total. The van der Waals surface area contributed by atoms with Crippen LogP contribution in [0.4, 0.5) is 0 Å². The molecule has 0 aliphatic heterocycles. The second kappa shape index (κ2) is 7.41. The molecule has 3 nitrogen and oxygen atoms in total. The molecule has 0 aromatic carbocycles. The van der Waals surface area contributed by atoms with Gasteiger partial charge in [0.05, 0.1) is 0 Å². The van der Waals surface area contributed by atoms with E-state index in [2.05, 4.69) is 17.2 Å². The van der Waals surface area contributed by atoms with E-state index in [1.807, 2.05) is 0 Å². The molecule has 0 spiro atoms. The lowest BCUT2D eigenvalue weighted by molar-refractivity contribution is 0.0662. The van der Waals surface area contributed by atoms with Crippen LogP contribution in [-0.2, 0) is 4.84 Å². The average molecular weight is 127 g/mol. The SMILES string of the molecule is CCCCCO[N+]C#N. The molecule has 3 heteroatoms. The standard InChI is InChI=1S/C6H11N2O/c1-2-3-4-5-9-8-6-7/h2-5H2,1H3/q+1. The predicted octanol–water partition coefficient (Wildman–Crippen LogP) is 1.19. The Morgan fingerprint density at radius 2 is 2.33 bits per heavy atom. The van der Waals surface area contributed by atoms with E-state index < -0.39 is 0 Å². The Hall–Kier alpha value is -0.590. The smallest absolute Gasteiger partial charge is 0.115 e. The topological polar surface area (TPSA) is 47.1 Å². The van der Waals surface area contributed by atoms with Crippen molar-refractivity contribution in [3.05, 3.63) is 0 Å². The van der Waals surface area contributed by atoms with Crippen molar-refractivity contribution in [2.45, 2.75) is 26.2 Å². The molecular weight excluding hydrogens is 116 g/mol. The lowest BCUT2D eigenvalue weighted by Crippen LogP contribution is -1.99. The van der Waals surface area contributed by atoms with Crippen LogP contribution in [0.25, 0.3) is 0 Å². The Bertz CT molecular complexity index is 87.5. The van der Waals surface area contributed by atoms with E-state index in [1.165, 1.54) is 0 Å². The van der Waals surface area contributed by atoms with Gasteiger partial charge in [-0.05, 0) is 6.42 Å². The van der Waals surface area contributed by atoms with Gasteiger partial charge in [-0.25, -0.2) is 0 Å². The van der Waals surface area contributed by atoms with Gasteiger partial charge in [-0.3, -0.25) is 0 Å². The Labute approximate surface area is 55.6 Å². The average Bonchev–Trinajstić information content (AvgIpc) is 1.89. The molecule has 9 heavy (non-hydrogen) atoms. The van der Waals surface area contributed by atoms with E-state index in [4.69, 9.17) is 5.26 Å². The molecule has 50 valence electrons. The minimum atomic E-state index is 0.571. The number of rotatable bonds is 5. The van der Waals surface area contributed by atoms with Gasteiger partial charge in [0, 0.05) is 0 Å². The van der Waals surface area contributed by atoms with Crippen LogP contribution in [0.3, 0.4) is 0 Å². The van der Waals surface area contributed by atoms with Crippen molar-refractivity contribution < 1.29 is 4.84 Å². The fourth-order valence-electron chi connectivity index (χ4n) is 0.491. The predicted molar refractivity (Wildman–Crippen MR) is 33.2 cm³/mol. The van der Waals surface area contributed by atoms with Crippen LogP contribution in [0.1, 0.15) is 26.2 Å². The Kier molecular flexibility index (Phi) is 6.92. The van der Waals surface area contributed by atoms with Gasteiger partial charge in [-0.15, -0.1) is 5.26 Å². The molecule has 0 aliphatic rings. The number of unbranched alkanes of at least 4 members (excludes halogenated alkanes) is 2. The minimum absolute atomic E-state index is 0.571. The van der Waals surface area contributed by atoms with Crippen molar-refractivity contribution in [2.24, 2.45) is 0 Å². The molecule has 0 heterocycles. The number of hydrogen-bond acceptors (Lipinski definition) is 2. The zero-order valence-corrected chi connectivity index (χ0v) is 5.63. The van der Waals surface area contributed by atoms with Crippen LogP contribution in [-0.4, -0.2) is 6.61 Å². The second-order valence-electron chi connectivity index (χ2n) is 1.73. The summed E-state index contributed by atoms with van der Waals surface area (Å²) in [5, 5.41) is 7.88. The molecule has 0 amide bonds. The highest BCUT2D eigenvalue weighted by atomic mass is 16.6. The van der Waals surface area contributed by atoms with Crippen molar-refractivity contribution in [2.75, 3.05) is 6.61 Å². The van der Waals surface area contributed by atoms with E-state index >= 15 is 0 Å². The molecule has 0 unspecified atom stereocenters. The molecule has 0 aliphatic carbocycles. The fraction of sp³-hybridized carbons (Fsp3) is 0.833. The monoisotopic (exact) mass is 127 g/mol. The van der Waals surface area contributed by atoms with Gasteiger partial charge in [-0.2, -0.15) is 0 Å². The first-order valence-electron chi connectivity index (χ1n) is 3.13. The first kappa shape index (κ1) is 8.41. The van der Waals surface area contributed by atoms with E-state index in [0.29, 0.717) is 6.61 Å². The summed E-state index contributed by atoms with van der Waals surface area (Å²) in [4.78, 5) is 4.55. The van der Waals surface area contributed by atoms with Crippen LogP contribution in [0, 0.1) is 11.5 Å². The van der Waals surface area contributed by atoms with E-state index in [-0.39, 0.29) is 0 Å². The maximum atomic E-state index is 7.88. The Morgan fingerprint density at radius 3 is 2.89 bits per heavy atom. The van der Waals surface area contributed by atoms with Crippen molar-refractivity contribution in [1.29, 1.82) is 5.26 Å². The lowest BCUT2D eigenvalue weighted by Gasteiger charge is -1.86. The zero-order chi connectivity index (χ0) is 6.95. The molecule has 0 saturated heterocycles. The number of hydroxylamine groups is 1. The Balaban J connectivity index is 2.69. The quantitative estimate of drug-likeness (QED) is 0.316. The first-order valence-corrected chi connectivity index (χ1v) is 3.13. The third-order valence-corrected chi connectivity index (χ3v) is 0.945. The van der Waals surface area contributed by atoms with Gasteiger partial charge < -0.3 is 0 Å². The summed E-state index contributed by atoms with van der Waals surface area (Å²) >= 11 is 0. The van der Waals surface area contributed by atoms with Crippen molar-refractivity contribution in [3.63, 3.8) is 0 Å². The summed E-state index contributed by atoms with van der Waals surface area (Å²) in [6.45, 7) is 2.68. The molecule has 0 saturated carbocycles. The molecule has 0 rings (SSSR count). The molecule has 0 bridgehead atoms. The summed E-state index contributed by atoms with van der Waals surface area (Å²) in [5.41, 5.74) is 3.05. The molecule has 2 radical (unpaired) electrons. The highest BCUT2D eigenvalue weighted by Gasteiger charge is 2.00. The van der Waals surface area contributed by atoms with Gasteiger partial charge in [0.25, 0.3) is 0 Å². The normalized spacial score (nSPS) is 8.89. The fourth-order valence-corrected chi connectivity index (χ4v) is 0.491. The third kappa shape index (κ3) is 7.41. The van der Waals surface area contributed by atoms with E-state index in [0.717, 1.165) is 19.3 Å². The molecule has 0 atom stereocenters. The van der Waals surface area contributed by atoms with Crippen LogP contribution in [0.2, 0.25) is 0 Å². The molecule has 0 aromatic rings. The zero-order valence-electron chi connectivity index (χ0n) is 5.63. The molecular formula is C6H11N2O+. The maximum Gasteiger partial charge on any atom is 0.487 e. The number of hydrogen-bond donors (Lipinski definition) is 0. The van der Waals surface area contributed by atoms with E-state index in [9.17, 15) is 0 Å². The summed E-state index contributed by atoms with van der Waals surface area (Å²) in [7, 11) is 0. The summed E-state index contributed by atoms with van der Waals surface area (Å²) in [5.74, 6) is 0. The van der Waals surface area contributed by atoms with Crippen molar-refractivity contribution >= 4 is 0 Å². The van der Waals surface area contributed by atoms with Crippen LogP contribution in [0.15, 0.2) is 0 Å². The largest absolute Gasteiger partial charge is 0.487 e. The van der Waals surface area contributed by atoms with Gasteiger partial charge in [0.1, 0.15) is 6.61 Å².